The lowest BCUT2D eigenvalue weighted by molar-refractivity contribution is -0.0203. The Kier molecular flexibility index (Phi) is 3.66. The average molecular weight is 286 g/mol. The molecule has 3 heteroatoms. The van der Waals surface area contributed by atoms with E-state index in [1.165, 1.54) is 11.3 Å². The van der Waals surface area contributed by atoms with E-state index in [-0.39, 0.29) is 5.54 Å². The van der Waals surface area contributed by atoms with Gasteiger partial charge in [-0.15, -0.1) is 0 Å². The van der Waals surface area contributed by atoms with Gasteiger partial charge in [-0.1, -0.05) is 24.3 Å². The minimum atomic E-state index is -0.651. The molecule has 0 radical (unpaired) electrons. The van der Waals surface area contributed by atoms with Crippen LogP contribution in [0, 0.1) is 0 Å². The topological polar surface area (TPSA) is 35.8 Å². The second-order valence-corrected chi connectivity index (χ2v) is 7.28. The van der Waals surface area contributed by atoms with E-state index in [4.69, 9.17) is 4.99 Å². The summed E-state index contributed by atoms with van der Waals surface area (Å²) in [4.78, 5) is 7.08. The predicted octanol–water partition coefficient (Wildman–Crippen LogP) is 2.96. The SMILES string of the molecule is CN1CCC(O)(c2ccc(C3=NC(C)(C)CC3)cc2)CC1. The van der Waals surface area contributed by atoms with Gasteiger partial charge in [-0.25, -0.2) is 0 Å². The quantitative estimate of drug-likeness (QED) is 0.907. The van der Waals surface area contributed by atoms with Gasteiger partial charge in [-0.3, -0.25) is 4.99 Å². The molecule has 0 amide bonds. The number of hydrogen-bond donors (Lipinski definition) is 1. The van der Waals surface area contributed by atoms with Crippen LogP contribution in [0.25, 0.3) is 0 Å². The minimum Gasteiger partial charge on any atom is -0.385 e. The zero-order valence-electron chi connectivity index (χ0n) is 13.4. The fourth-order valence-electron chi connectivity index (χ4n) is 3.36. The Morgan fingerprint density at radius 1 is 1.05 bits per heavy atom. The molecule has 114 valence electrons. The van der Waals surface area contributed by atoms with Crippen LogP contribution in [0.15, 0.2) is 29.3 Å². The minimum absolute atomic E-state index is 0.0835. The van der Waals surface area contributed by atoms with Crippen molar-refractivity contribution in [2.75, 3.05) is 20.1 Å². The Labute approximate surface area is 127 Å². The largest absolute Gasteiger partial charge is 0.385 e. The number of rotatable bonds is 2. The number of nitrogens with zero attached hydrogens (tertiary/aromatic N) is 2. The predicted molar refractivity (Wildman–Crippen MR) is 86.9 cm³/mol. The first-order chi connectivity index (χ1) is 9.88. The molecule has 0 unspecified atom stereocenters. The third-order valence-corrected chi connectivity index (χ3v) is 4.98. The Hall–Kier alpha value is -1.19. The van der Waals surface area contributed by atoms with Gasteiger partial charge in [-0.2, -0.15) is 0 Å². The highest BCUT2D eigenvalue weighted by Crippen LogP contribution is 2.33. The summed E-state index contributed by atoms with van der Waals surface area (Å²) in [6.07, 6.45) is 3.81. The molecule has 2 aliphatic rings. The average Bonchev–Trinajstić information content (AvgIpc) is 2.83. The molecular formula is C18H26N2O. The van der Waals surface area contributed by atoms with Gasteiger partial charge in [-0.05, 0) is 57.7 Å². The van der Waals surface area contributed by atoms with E-state index in [2.05, 4.69) is 50.1 Å². The first-order valence-electron chi connectivity index (χ1n) is 7.99. The molecule has 0 bridgehead atoms. The van der Waals surface area contributed by atoms with Crippen LogP contribution in [0.5, 0.6) is 0 Å². The van der Waals surface area contributed by atoms with E-state index in [9.17, 15) is 5.11 Å². The molecule has 3 nitrogen and oxygen atoms in total. The number of likely N-dealkylation sites (tertiary alicyclic amines) is 1. The first-order valence-corrected chi connectivity index (χ1v) is 7.99. The van der Waals surface area contributed by atoms with Crippen LogP contribution in [0.2, 0.25) is 0 Å². The van der Waals surface area contributed by atoms with Crippen LogP contribution in [-0.4, -0.2) is 41.4 Å². The molecule has 2 aliphatic heterocycles. The second kappa shape index (κ2) is 5.22. The van der Waals surface area contributed by atoms with E-state index in [0.29, 0.717) is 0 Å². The highest BCUT2D eigenvalue weighted by Gasteiger charge is 2.33. The van der Waals surface area contributed by atoms with Crippen LogP contribution in [0.4, 0.5) is 0 Å². The molecule has 0 aromatic heterocycles. The lowest BCUT2D eigenvalue weighted by Gasteiger charge is -2.37. The Morgan fingerprint density at radius 2 is 1.67 bits per heavy atom. The fourth-order valence-corrected chi connectivity index (χ4v) is 3.36. The zero-order chi connectivity index (χ0) is 15.1. The standard InChI is InChI=1S/C18H26N2O/c1-17(2)9-8-16(19-17)14-4-6-15(7-5-14)18(21)10-12-20(3)13-11-18/h4-7,21H,8-13H2,1-3H3. The number of benzene rings is 1. The van der Waals surface area contributed by atoms with Crippen LogP contribution >= 0.6 is 0 Å². The third kappa shape index (κ3) is 3.04. The van der Waals surface area contributed by atoms with Crippen molar-refractivity contribution in [2.24, 2.45) is 4.99 Å². The molecule has 0 spiro atoms. The molecule has 1 saturated heterocycles. The maximum atomic E-state index is 10.8. The van der Waals surface area contributed by atoms with Gasteiger partial charge in [0.25, 0.3) is 0 Å². The molecule has 2 heterocycles. The Balaban J connectivity index is 1.79. The molecule has 0 saturated carbocycles. The summed E-state index contributed by atoms with van der Waals surface area (Å²) in [5, 5.41) is 10.8. The normalized spacial score (nSPS) is 24.9. The summed E-state index contributed by atoms with van der Waals surface area (Å²) >= 11 is 0. The van der Waals surface area contributed by atoms with Crippen molar-refractivity contribution in [3.8, 4) is 0 Å². The lowest BCUT2D eigenvalue weighted by atomic mass is 9.84. The number of hydrogen-bond acceptors (Lipinski definition) is 3. The monoisotopic (exact) mass is 286 g/mol. The number of aliphatic imine (C=N–C) groups is 1. The molecule has 1 aromatic rings. The smallest absolute Gasteiger partial charge is 0.0920 e. The van der Waals surface area contributed by atoms with Crippen LogP contribution < -0.4 is 0 Å². The third-order valence-electron chi connectivity index (χ3n) is 4.98. The summed E-state index contributed by atoms with van der Waals surface area (Å²) in [5.74, 6) is 0. The maximum absolute atomic E-state index is 10.8. The van der Waals surface area contributed by atoms with Gasteiger partial charge < -0.3 is 10.0 Å². The van der Waals surface area contributed by atoms with E-state index in [1.54, 1.807) is 0 Å². The Bertz CT molecular complexity index is 537. The highest BCUT2D eigenvalue weighted by atomic mass is 16.3. The van der Waals surface area contributed by atoms with Crippen LogP contribution in [-0.2, 0) is 5.60 Å². The van der Waals surface area contributed by atoms with E-state index >= 15 is 0 Å². The van der Waals surface area contributed by atoms with Gasteiger partial charge in [0.05, 0.1) is 11.1 Å². The number of piperidine rings is 1. The van der Waals surface area contributed by atoms with Crippen molar-refractivity contribution in [1.29, 1.82) is 0 Å². The van der Waals surface area contributed by atoms with E-state index < -0.39 is 5.60 Å². The molecule has 3 rings (SSSR count). The summed E-state index contributed by atoms with van der Waals surface area (Å²) in [5.41, 5.74) is 2.90. The van der Waals surface area contributed by atoms with Crippen LogP contribution in [0.1, 0.15) is 50.7 Å². The second-order valence-electron chi connectivity index (χ2n) is 7.28. The van der Waals surface area contributed by atoms with Gasteiger partial charge in [0.1, 0.15) is 0 Å². The molecule has 1 N–H and O–H groups in total. The summed E-state index contributed by atoms with van der Waals surface area (Å²) in [7, 11) is 2.11. The van der Waals surface area contributed by atoms with Crippen LogP contribution in [0.3, 0.4) is 0 Å². The van der Waals surface area contributed by atoms with Gasteiger partial charge in [0, 0.05) is 18.8 Å². The van der Waals surface area contributed by atoms with Crippen molar-refractivity contribution in [3.05, 3.63) is 35.4 Å². The molecule has 0 aliphatic carbocycles. The molecule has 0 atom stereocenters. The lowest BCUT2D eigenvalue weighted by Crippen LogP contribution is -2.40. The molecule has 21 heavy (non-hydrogen) atoms. The van der Waals surface area contributed by atoms with E-state index in [0.717, 1.165) is 44.3 Å². The Morgan fingerprint density at radius 3 is 2.19 bits per heavy atom. The van der Waals surface area contributed by atoms with Crippen molar-refractivity contribution in [3.63, 3.8) is 0 Å². The number of aliphatic hydroxyl groups is 1. The molecule has 1 fully saturated rings. The van der Waals surface area contributed by atoms with E-state index in [1.807, 2.05) is 0 Å². The fraction of sp³-hybridized carbons (Fsp3) is 0.611. The van der Waals surface area contributed by atoms with Crippen molar-refractivity contribution in [2.45, 2.75) is 50.7 Å². The summed E-state index contributed by atoms with van der Waals surface area (Å²) in [6.45, 7) is 6.30. The van der Waals surface area contributed by atoms with Gasteiger partial charge in [0.15, 0.2) is 0 Å². The van der Waals surface area contributed by atoms with Crippen molar-refractivity contribution < 1.29 is 5.11 Å². The van der Waals surface area contributed by atoms with Gasteiger partial charge in [0.2, 0.25) is 0 Å². The van der Waals surface area contributed by atoms with Crippen molar-refractivity contribution in [1.82, 2.24) is 4.90 Å². The van der Waals surface area contributed by atoms with Crippen molar-refractivity contribution >= 4 is 5.71 Å². The molecule has 1 aromatic carbocycles. The highest BCUT2D eigenvalue weighted by molar-refractivity contribution is 6.02. The first kappa shape index (κ1) is 14.7. The summed E-state index contributed by atoms with van der Waals surface area (Å²) in [6, 6.07) is 8.45. The zero-order valence-corrected chi connectivity index (χ0v) is 13.4. The van der Waals surface area contributed by atoms with Gasteiger partial charge >= 0.3 is 0 Å². The summed E-state index contributed by atoms with van der Waals surface area (Å²) < 4.78 is 0. The maximum Gasteiger partial charge on any atom is 0.0920 e. The molecular weight excluding hydrogens is 260 g/mol.